The van der Waals surface area contributed by atoms with Gasteiger partial charge >= 0.3 is 0 Å². The van der Waals surface area contributed by atoms with Crippen molar-refractivity contribution in [3.8, 4) is 0 Å². The van der Waals surface area contributed by atoms with Gasteiger partial charge in [-0.3, -0.25) is 0 Å². The molecule has 3 heteroatoms. The zero-order valence-electron chi connectivity index (χ0n) is 8.00. The number of nitrogens with two attached hydrogens (primary N) is 1. The van der Waals surface area contributed by atoms with Gasteiger partial charge in [0.1, 0.15) is 0 Å². The quantitative estimate of drug-likeness (QED) is 0.840. The lowest BCUT2D eigenvalue weighted by Crippen LogP contribution is -2.12. The monoisotopic (exact) mass is 227 g/mol. The van der Waals surface area contributed by atoms with E-state index in [0.29, 0.717) is 5.92 Å². The van der Waals surface area contributed by atoms with Crippen LogP contribution in [-0.2, 0) is 0 Å². The molecule has 2 N–H and O–H groups in total. The lowest BCUT2D eigenvalue weighted by atomic mass is 9.93. The molecule has 1 heterocycles. The SMILES string of the molecule is NCCC1CCSc2c(Cl)cccc21. The molecule has 14 heavy (non-hydrogen) atoms. The Hall–Kier alpha value is -0.180. The highest BCUT2D eigenvalue weighted by molar-refractivity contribution is 7.99. The first kappa shape index (κ1) is 10.3. The maximum absolute atomic E-state index is 6.16. The van der Waals surface area contributed by atoms with Crippen LogP contribution in [0.1, 0.15) is 24.3 Å². The Bertz CT molecular complexity index is 327. The van der Waals surface area contributed by atoms with Gasteiger partial charge in [0.25, 0.3) is 0 Å². The Labute approximate surface area is 94.0 Å². The Balaban J connectivity index is 2.34. The Morgan fingerprint density at radius 1 is 1.50 bits per heavy atom. The van der Waals surface area contributed by atoms with Gasteiger partial charge in [-0.2, -0.15) is 0 Å². The normalized spacial score (nSPS) is 20.6. The van der Waals surface area contributed by atoms with Crippen molar-refractivity contribution in [2.75, 3.05) is 12.3 Å². The van der Waals surface area contributed by atoms with Crippen molar-refractivity contribution in [1.82, 2.24) is 0 Å². The molecule has 0 saturated carbocycles. The molecule has 1 aliphatic heterocycles. The highest BCUT2D eigenvalue weighted by atomic mass is 35.5. The molecule has 1 unspecified atom stereocenters. The summed E-state index contributed by atoms with van der Waals surface area (Å²) < 4.78 is 0. The molecule has 0 radical (unpaired) electrons. The summed E-state index contributed by atoms with van der Waals surface area (Å²) in [4.78, 5) is 1.28. The standard InChI is InChI=1S/C11H14ClNS/c12-10-3-1-2-9-8(4-6-13)5-7-14-11(9)10/h1-3,8H,4-7,13H2. The van der Waals surface area contributed by atoms with Crippen molar-refractivity contribution in [2.24, 2.45) is 5.73 Å². The van der Waals surface area contributed by atoms with E-state index in [0.717, 1.165) is 18.0 Å². The van der Waals surface area contributed by atoms with Crippen molar-refractivity contribution in [3.05, 3.63) is 28.8 Å². The van der Waals surface area contributed by atoms with Crippen LogP contribution in [0.15, 0.2) is 23.1 Å². The molecule has 0 aromatic heterocycles. The van der Waals surface area contributed by atoms with Crippen LogP contribution in [0.3, 0.4) is 0 Å². The predicted octanol–water partition coefficient (Wildman–Crippen LogP) is 3.27. The predicted molar refractivity (Wildman–Crippen MR) is 63.2 cm³/mol. The fraction of sp³-hybridized carbons (Fsp3) is 0.455. The van der Waals surface area contributed by atoms with Gasteiger partial charge in [0.2, 0.25) is 0 Å². The van der Waals surface area contributed by atoms with E-state index in [2.05, 4.69) is 6.07 Å². The van der Waals surface area contributed by atoms with Gasteiger partial charge in [-0.05, 0) is 42.7 Å². The van der Waals surface area contributed by atoms with Crippen LogP contribution in [0.2, 0.25) is 5.02 Å². The van der Waals surface area contributed by atoms with Gasteiger partial charge in [0.15, 0.2) is 0 Å². The first-order valence-electron chi connectivity index (χ1n) is 4.94. The van der Waals surface area contributed by atoms with Gasteiger partial charge in [-0.25, -0.2) is 0 Å². The van der Waals surface area contributed by atoms with Crippen LogP contribution < -0.4 is 5.73 Å². The number of benzene rings is 1. The molecule has 76 valence electrons. The van der Waals surface area contributed by atoms with Gasteiger partial charge < -0.3 is 5.73 Å². The lowest BCUT2D eigenvalue weighted by molar-refractivity contribution is 0.602. The maximum Gasteiger partial charge on any atom is 0.0544 e. The van der Waals surface area contributed by atoms with E-state index in [1.165, 1.54) is 22.6 Å². The Morgan fingerprint density at radius 3 is 3.14 bits per heavy atom. The van der Waals surface area contributed by atoms with E-state index in [9.17, 15) is 0 Å². The molecular weight excluding hydrogens is 214 g/mol. The van der Waals surface area contributed by atoms with E-state index in [-0.39, 0.29) is 0 Å². The summed E-state index contributed by atoms with van der Waals surface area (Å²) in [6.45, 7) is 0.765. The van der Waals surface area contributed by atoms with Crippen molar-refractivity contribution in [1.29, 1.82) is 0 Å². The second-order valence-corrected chi connectivity index (χ2v) is 5.08. The fourth-order valence-corrected chi connectivity index (χ4v) is 3.52. The minimum absolute atomic E-state index is 0.620. The Kier molecular flexibility index (Phi) is 3.37. The van der Waals surface area contributed by atoms with Crippen LogP contribution in [0.4, 0.5) is 0 Å². The summed E-state index contributed by atoms with van der Waals surface area (Å²) in [6.07, 6.45) is 2.31. The number of hydrogen-bond donors (Lipinski definition) is 1. The molecule has 1 aliphatic rings. The molecule has 1 aromatic rings. The Morgan fingerprint density at radius 2 is 2.36 bits per heavy atom. The third-order valence-electron chi connectivity index (χ3n) is 2.67. The molecule has 0 amide bonds. The van der Waals surface area contributed by atoms with Crippen LogP contribution >= 0.6 is 23.4 Å². The highest BCUT2D eigenvalue weighted by Gasteiger charge is 2.21. The molecule has 1 aromatic carbocycles. The van der Waals surface area contributed by atoms with Crippen LogP contribution in [0, 0.1) is 0 Å². The van der Waals surface area contributed by atoms with Crippen molar-refractivity contribution >= 4 is 23.4 Å². The first-order valence-corrected chi connectivity index (χ1v) is 6.30. The average molecular weight is 228 g/mol. The number of rotatable bonds is 2. The second kappa shape index (κ2) is 4.56. The van der Waals surface area contributed by atoms with E-state index in [1.807, 2.05) is 23.9 Å². The largest absolute Gasteiger partial charge is 0.330 e. The third kappa shape index (κ3) is 1.92. The van der Waals surface area contributed by atoms with Gasteiger partial charge in [-0.1, -0.05) is 23.7 Å². The number of hydrogen-bond acceptors (Lipinski definition) is 2. The second-order valence-electron chi connectivity index (χ2n) is 3.57. The maximum atomic E-state index is 6.16. The summed E-state index contributed by atoms with van der Waals surface area (Å²) in [6, 6.07) is 6.20. The van der Waals surface area contributed by atoms with Crippen LogP contribution in [-0.4, -0.2) is 12.3 Å². The van der Waals surface area contributed by atoms with Gasteiger partial charge in [-0.15, -0.1) is 11.8 Å². The summed E-state index contributed by atoms with van der Waals surface area (Å²) in [5.74, 6) is 1.79. The van der Waals surface area contributed by atoms with Crippen LogP contribution in [0.25, 0.3) is 0 Å². The smallest absolute Gasteiger partial charge is 0.0544 e. The van der Waals surface area contributed by atoms with E-state index < -0.39 is 0 Å². The number of halogens is 1. The zero-order valence-corrected chi connectivity index (χ0v) is 9.57. The lowest BCUT2D eigenvalue weighted by Gasteiger charge is -2.25. The molecule has 1 nitrogen and oxygen atoms in total. The summed E-state index contributed by atoms with van der Waals surface area (Å²) in [7, 11) is 0. The first-order chi connectivity index (χ1) is 6.83. The topological polar surface area (TPSA) is 26.0 Å². The van der Waals surface area contributed by atoms with Crippen LogP contribution in [0.5, 0.6) is 0 Å². The molecule has 1 atom stereocenters. The molecule has 0 saturated heterocycles. The highest BCUT2D eigenvalue weighted by Crippen LogP contribution is 2.42. The molecule has 0 bridgehead atoms. The molecule has 0 spiro atoms. The summed E-state index contributed by atoms with van der Waals surface area (Å²) >= 11 is 8.03. The van der Waals surface area contributed by atoms with E-state index in [1.54, 1.807) is 0 Å². The average Bonchev–Trinajstić information content (AvgIpc) is 2.20. The molecule has 0 aliphatic carbocycles. The van der Waals surface area contributed by atoms with Gasteiger partial charge in [0, 0.05) is 4.90 Å². The molecule has 2 rings (SSSR count). The minimum Gasteiger partial charge on any atom is -0.330 e. The van der Waals surface area contributed by atoms with Crippen molar-refractivity contribution < 1.29 is 0 Å². The third-order valence-corrected chi connectivity index (χ3v) is 4.28. The van der Waals surface area contributed by atoms with E-state index >= 15 is 0 Å². The van der Waals surface area contributed by atoms with Crippen molar-refractivity contribution in [3.63, 3.8) is 0 Å². The summed E-state index contributed by atoms with van der Waals surface area (Å²) in [5.41, 5.74) is 7.02. The number of thioether (sulfide) groups is 1. The zero-order chi connectivity index (χ0) is 9.97. The molecule has 0 fully saturated rings. The van der Waals surface area contributed by atoms with Crippen molar-refractivity contribution in [2.45, 2.75) is 23.7 Å². The fourth-order valence-electron chi connectivity index (χ4n) is 1.96. The van der Waals surface area contributed by atoms with Gasteiger partial charge in [0.05, 0.1) is 5.02 Å². The molecular formula is C11H14ClNS. The minimum atomic E-state index is 0.620. The van der Waals surface area contributed by atoms with E-state index in [4.69, 9.17) is 17.3 Å². The summed E-state index contributed by atoms with van der Waals surface area (Å²) in [5, 5.41) is 0.897. The number of fused-ring (bicyclic) bond motifs is 1.